The number of nitrogens with one attached hydrogen (secondary N) is 1. The van der Waals surface area contributed by atoms with E-state index in [9.17, 15) is 5.11 Å². The monoisotopic (exact) mass is 203 g/mol. The zero-order valence-electron chi connectivity index (χ0n) is 8.76. The molecule has 2 heteroatoms. The normalized spacial score (nSPS) is 23.4. The molecule has 1 aliphatic rings. The van der Waals surface area contributed by atoms with E-state index in [1.807, 2.05) is 42.5 Å². The zero-order valence-corrected chi connectivity index (χ0v) is 8.76. The van der Waals surface area contributed by atoms with Crippen LogP contribution in [0.3, 0.4) is 0 Å². The molecule has 2 atom stereocenters. The number of hydrogen-bond donors (Lipinski definition) is 2. The number of aliphatic hydroxyl groups excluding tert-OH is 1. The molecule has 0 unspecified atom stereocenters. The Morgan fingerprint density at radius 3 is 2.80 bits per heavy atom. The van der Waals surface area contributed by atoms with E-state index in [1.165, 1.54) is 6.42 Å². The van der Waals surface area contributed by atoms with Crippen LogP contribution in [0.4, 0.5) is 0 Å². The summed E-state index contributed by atoms with van der Waals surface area (Å²) >= 11 is 0. The van der Waals surface area contributed by atoms with E-state index in [2.05, 4.69) is 5.32 Å². The van der Waals surface area contributed by atoms with Crippen molar-refractivity contribution in [1.82, 2.24) is 5.32 Å². The van der Waals surface area contributed by atoms with Gasteiger partial charge in [-0.2, -0.15) is 0 Å². The molecule has 1 saturated heterocycles. The second-order valence-corrected chi connectivity index (χ2v) is 3.96. The molecule has 0 aromatic heterocycles. The Hall–Kier alpha value is -1.12. The second kappa shape index (κ2) is 5.10. The summed E-state index contributed by atoms with van der Waals surface area (Å²) in [6.45, 7) is 1.03. The predicted molar refractivity (Wildman–Crippen MR) is 62.5 cm³/mol. The maximum Gasteiger partial charge on any atom is 0.0877 e. The van der Waals surface area contributed by atoms with E-state index >= 15 is 0 Å². The highest BCUT2D eigenvalue weighted by atomic mass is 16.3. The van der Waals surface area contributed by atoms with Crippen LogP contribution in [0.2, 0.25) is 0 Å². The van der Waals surface area contributed by atoms with Crippen LogP contribution in [-0.4, -0.2) is 23.8 Å². The molecule has 0 bridgehead atoms. The minimum absolute atomic E-state index is 0.241. The molecule has 2 N–H and O–H groups in total. The van der Waals surface area contributed by atoms with Crippen LogP contribution >= 0.6 is 0 Å². The van der Waals surface area contributed by atoms with E-state index in [4.69, 9.17) is 0 Å². The summed E-state index contributed by atoms with van der Waals surface area (Å²) in [6, 6.07) is 10.3. The molecule has 2 nitrogen and oxygen atoms in total. The van der Waals surface area contributed by atoms with Gasteiger partial charge < -0.3 is 10.4 Å². The van der Waals surface area contributed by atoms with Crippen molar-refractivity contribution in [2.24, 2.45) is 0 Å². The molecular weight excluding hydrogens is 186 g/mol. The molecule has 2 rings (SSSR count). The quantitative estimate of drug-likeness (QED) is 0.785. The van der Waals surface area contributed by atoms with Crippen molar-refractivity contribution in [3.63, 3.8) is 0 Å². The van der Waals surface area contributed by atoms with E-state index in [0.717, 1.165) is 18.5 Å². The molecular formula is C13H17NO. The third-order valence-corrected chi connectivity index (χ3v) is 2.80. The molecule has 0 saturated carbocycles. The molecule has 1 fully saturated rings. The van der Waals surface area contributed by atoms with Gasteiger partial charge in [0.15, 0.2) is 0 Å². The molecule has 80 valence electrons. The van der Waals surface area contributed by atoms with Crippen molar-refractivity contribution in [3.8, 4) is 0 Å². The SMILES string of the molecule is O[C@H](/C=C/c1ccccc1)[C@@H]1CCCN1. The van der Waals surface area contributed by atoms with Crippen molar-refractivity contribution < 1.29 is 5.11 Å². The van der Waals surface area contributed by atoms with Crippen LogP contribution in [0, 0.1) is 0 Å². The van der Waals surface area contributed by atoms with Gasteiger partial charge in [-0.1, -0.05) is 42.5 Å². The highest BCUT2D eigenvalue weighted by Crippen LogP contribution is 2.11. The van der Waals surface area contributed by atoms with E-state index in [1.54, 1.807) is 0 Å². The third kappa shape index (κ3) is 2.91. The van der Waals surface area contributed by atoms with Gasteiger partial charge in [0.2, 0.25) is 0 Å². The first-order valence-corrected chi connectivity index (χ1v) is 5.51. The summed E-state index contributed by atoms with van der Waals surface area (Å²) in [5.41, 5.74) is 1.13. The highest BCUT2D eigenvalue weighted by Gasteiger charge is 2.19. The van der Waals surface area contributed by atoms with Gasteiger partial charge in [0.25, 0.3) is 0 Å². The Morgan fingerprint density at radius 2 is 2.13 bits per heavy atom. The van der Waals surface area contributed by atoms with Gasteiger partial charge in [0.05, 0.1) is 6.10 Å². The minimum Gasteiger partial charge on any atom is -0.387 e. The van der Waals surface area contributed by atoms with E-state index < -0.39 is 0 Å². The molecule has 0 amide bonds. The van der Waals surface area contributed by atoms with Crippen molar-refractivity contribution in [1.29, 1.82) is 0 Å². The maximum absolute atomic E-state index is 9.86. The average molecular weight is 203 g/mol. The molecule has 1 aliphatic heterocycles. The Kier molecular flexibility index (Phi) is 3.54. The summed E-state index contributed by atoms with van der Waals surface area (Å²) in [4.78, 5) is 0. The highest BCUT2D eigenvalue weighted by molar-refractivity contribution is 5.49. The van der Waals surface area contributed by atoms with Gasteiger partial charge in [-0.25, -0.2) is 0 Å². The standard InChI is InChI=1S/C13H17NO/c15-13(12-7-4-10-14-12)9-8-11-5-2-1-3-6-11/h1-3,5-6,8-9,12-15H,4,7,10H2/b9-8+/t12-,13+/m0/s1. The summed E-state index contributed by atoms with van der Waals surface area (Å²) in [6.07, 6.45) is 5.72. The molecule has 0 spiro atoms. The molecule has 0 radical (unpaired) electrons. The number of benzene rings is 1. The predicted octanol–water partition coefficient (Wildman–Crippen LogP) is 1.81. The van der Waals surface area contributed by atoms with Gasteiger partial charge in [-0.05, 0) is 24.9 Å². The van der Waals surface area contributed by atoms with Crippen LogP contribution in [0.1, 0.15) is 18.4 Å². The van der Waals surface area contributed by atoms with Crippen LogP contribution < -0.4 is 5.32 Å². The summed E-state index contributed by atoms with van der Waals surface area (Å²) in [5, 5.41) is 13.2. The van der Waals surface area contributed by atoms with Crippen LogP contribution in [0.15, 0.2) is 36.4 Å². The van der Waals surface area contributed by atoms with Gasteiger partial charge in [-0.15, -0.1) is 0 Å². The summed E-state index contributed by atoms with van der Waals surface area (Å²) in [5.74, 6) is 0. The molecule has 0 aliphatic carbocycles. The molecule has 1 aromatic carbocycles. The average Bonchev–Trinajstić information content (AvgIpc) is 2.81. The fourth-order valence-corrected chi connectivity index (χ4v) is 1.91. The molecule has 15 heavy (non-hydrogen) atoms. The first-order valence-electron chi connectivity index (χ1n) is 5.51. The summed E-state index contributed by atoms with van der Waals surface area (Å²) < 4.78 is 0. The first-order chi connectivity index (χ1) is 7.36. The zero-order chi connectivity index (χ0) is 10.5. The Bertz CT molecular complexity index is 315. The minimum atomic E-state index is -0.368. The topological polar surface area (TPSA) is 32.3 Å². The van der Waals surface area contributed by atoms with Crippen molar-refractivity contribution in [3.05, 3.63) is 42.0 Å². The first kappa shape index (κ1) is 10.4. The number of aliphatic hydroxyl groups is 1. The largest absolute Gasteiger partial charge is 0.387 e. The van der Waals surface area contributed by atoms with Gasteiger partial charge in [0, 0.05) is 6.04 Å². The number of rotatable bonds is 3. The lowest BCUT2D eigenvalue weighted by atomic mass is 10.1. The van der Waals surface area contributed by atoms with Crippen LogP contribution in [0.5, 0.6) is 0 Å². The Morgan fingerprint density at radius 1 is 1.33 bits per heavy atom. The van der Waals surface area contributed by atoms with Crippen LogP contribution in [0.25, 0.3) is 6.08 Å². The van der Waals surface area contributed by atoms with Gasteiger partial charge >= 0.3 is 0 Å². The van der Waals surface area contributed by atoms with E-state index in [0.29, 0.717) is 0 Å². The lowest BCUT2D eigenvalue weighted by Crippen LogP contribution is -2.33. The molecule has 1 heterocycles. The second-order valence-electron chi connectivity index (χ2n) is 3.96. The van der Waals surface area contributed by atoms with Crippen molar-refractivity contribution in [2.45, 2.75) is 25.0 Å². The summed E-state index contributed by atoms with van der Waals surface area (Å²) in [7, 11) is 0. The van der Waals surface area contributed by atoms with E-state index in [-0.39, 0.29) is 12.1 Å². The third-order valence-electron chi connectivity index (χ3n) is 2.80. The fourth-order valence-electron chi connectivity index (χ4n) is 1.91. The smallest absolute Gasteiger partial charge is 0.0877 e. The van der Waals surface area contributed by atoms with Crippen molar-refractivity contribution >= 4 is 6.08 Å². The fraction of sp³-hybridized carbons (Fsp3) is 0.385. The van der Waals surface area contributed by atoms with Gasteiger partial charge in [-0.3, -0.25) is 0 Å². The van der Waals surface area contributed by atoms with Crippen molar-refractivity contribution in [2.75, 3.05) is 6.54 Å². The lowest BCUT2D eigenvalue weighted by molar-refractivity contribution is 0.182. The van der Waals surface area contributed by atoms with Crippen LogP contribution in [-0.2, 0) is 0 Å². The molecule has 1 aromatic rings. The van der Waals surface area contributed by atoms with Gasteiger partial charge in [0.1, 0.15) is 0 Å². The Balaban J connectivity index is 1.93. The Labute approximate surface area is 90.6 Å². The number of hydrogen-bond acceptors (Lipinski definition) is 2. The maximum atomic E-state index is 9.86. The lowest BCUT2D eigenvalue weighted by Gasteiger charge is -2.13.